The van der Waals surface area contributed by atoms with Crippen molar-refractivity contribution in [3.63, 3.8) is 0 Å². The fourth-order valence-electron chi connectivity index (χ4n) is 3.44. The van der Waals surface area contributed by atoms with E-state index in [1.54, 1.807) is 0 Å². The number of rotatable bonds is 5. The molecule has 21 heavy (non-hydrogen) atoms. The number of halogens is 3. The Balaban J connectivity index is 2.42. The molecule has 1 atom stereocenters. The average Bonchev–Trinajstić information content (AvgIpc) is 2.47. The maximum atomic E-state index is 14.5. The maximum absolute atomic E-state index is 14.5. The van der Waals surface area contributed by atoms with E-state index in [0.717, 1.165) is 38.6 Å². The minimum absolute atomic E-state index is 0.0874. The van der Waals surface area contributed by atoms with Crippen molar-refractivity contribution in [2.75, 3.05) is 6.54 Å². The van der Waals surface area contributed by atoms with E-state index in [-0.39, 0.29) is 17.0 Å². The maximum Gasteiger partial charge on any atom is 0.145 e. The fourth-order valence-corrected chi connectivity index (χ4v) is 3.79. The van der Waals surface area contributed by atoms with E-state index < -0.39 is 11.6 Å². The Morgan fingerprint density at radius 3 is 2.52 bits per heavy atom. The second kappa shape index (κ2) is 7.19. The molecule has 0 spiro atoms. The van der Waals surface area contributed by atoms with Crippen molar-refractivity contribution in [3.8, 4) is 0 Å². The fraction of sp³-hybridized carbons (Fsp3) is 0.647. The van der Waals surface area contributed by atoms with Crippen LogP contribution in [0.15, 0.2) is 16.6 Å². The highest BCUT2D eigenvalue weighted by molar-refractivity contribution is 9.10. The molecule has 1 aliphatic rings. The van der Waals surface area contributed by atoms with E-state index in [4.69, 9.17) is 0 Å². The topological polar surface area (TPSA) is 12.0 Å². The largest absolute Gasteiger partial charge is 0.309 e. The van der Waals surface area contributed by atoms with Gasteiger partial charge < -0.3 is 5.32 Å². The Kier molecular flexibility index (Phi) is 5.78. The molecule has 1 nitrogen and oxygen atoms in total. The highest BCUT2D eigenvalue weighted by Gasteiger charge is 2.39. The summed E-state index contributed by atoms with van der Waals surface area (Å²) in [5.74, 6) is -0.911. The monoisotopic (exact) mass is 359 g/mol. The molecule has 1 aromatic carbocycles. The van der Waals surface area contributed by atoms with Gasteiger partial charge in [0.15, 0.2) is 0 Å². The summed E-state index contributed by atoms with van der Waals surface area (Å²) in [5.41, 5.74) is 0.109. The van der Waals surface area contributed by atoms with Crippen LogP contribution >= 0.6 is 15.9 Å². The Labute approximate surface area is 134 Å². The first-order valence-electron chi connectivity index (χ1n) is 7.86. The molecule has 0 amide bonds. The van der Waals surface area contributed by atoms with Crippen molar-refractivity contribution < 1.29 is 8.78 Å². The van der Waals surface area contributed by atoms with Crippen LogP contribution in [-0.4, -0.2) is 6.54 Å². The molecule has 0 saturated heterocycles. The molecular formula is C17H24BrF2N. The van der Waals surface area contributed by atoms with E-state index in [2.05, 4.69) is 35.1 Å². The van der Waals surface area contributed by atoms with Crippen molar-refractivity contribution in [3.05, 3.63) is 33.8 Å². The van der Waals surface area contributed by atoms with Gasteiger partial charge in [0.1, 0.15) is 11.6 Å². The van der Waals surface area contributed by atoms with E-state index in [1.165, 1.54) is 18.6 Å². The summed E-state index contributed by atoms with van der Waals surface area (Å²) in [6.07, 6.45) is 6.47. The summed E-state index contributed by atoms with van der Waals surface area (Å²) < 4.78 is 29.2. The molecule has 0 radical (unpaired) electrons. The molecule has 1 aromatic rings. The van der Waals surface area contributed by atoms with Gasteiger partial charge in [0.25, 0.3) is 0 Å². The van der Waals surface area contributed by atoms with Crippen LogP contribution in [0.4, 0.5) is 8.78 Å². The molecule has 2 rings (SSSR count). The van der Waals surface area contributed by atoms with Gasteiger partial charge in [0.05, 0.1) is 4.47 Å². The van der Waals surface area contributed by atoms with E-state index in [1.807, 2.05) is 0 Å². The standard InChI is InChI=1S/C17H24BrF2N/c1-3-11-21-16(17(2)9-5-4-6-10-17)14-13(19)8-7-12(18)15(14)20/h7-8,16,21H,3-6,9-11H2,1-2H3. The molecular weight excluding hydrogens is 336 g/mol. The summed E-state index contributed by atoms with van der Waals surface area (Å²) in [4.78, 5) is 0. The average molecular weight is 360 g/mol. The third-order valence-corrected chi connectivity index (χ3v) is 5.27. The van der Waals surface area contributed by atoms with Crippen molar-refractivity contribution in [2.24, 2.45) is 5.41 Å². The molecule has 1 unspecified atom stereocenters. The Morgan fingerprint density at radius 2 is 1.90 bits per heavy atom. The molecule has 0 aromatic heterocycles. The summed E-state index contributed by atoms with van der Waals surface area (Å²) >= 11 is 3.19. The van der Waals surface area contributed by atoms with E-state index in [0.29, 0.717) is 4.47 Å². The van der Waals surface area contributed by atoms with Crippen molar-refractivity contribution >= 4 is 15.9 Å². The normalized spacial score (nSPS) is 19.5. The number of hydrogen-bond acceptors (Lipinski definition) is 1. The molecule has 1 N–H and O–H groups in total. The molecule has 1 saturated carbocycles. The van der Waals surface area contributed by atoms with Crippen LogP contribution in [0.25, 0.3) is 0 Å². The zero-order valence-corrected chi connectivity index (χ0v) is 14.4. The van der Waals surface area contributed by atoms with Crippen LogP contribution in [0.1, 0.15) is 64.0 Å². The van der Waals surface area contributed by atoms with Gasteiger partial charge in [-0.05, 0) is 59.3 Å². The van der Waals surface area contributed by atoms with Crippen molar-refractivity contribution in [2.45, 2.75) is 58.4 Å². The predicted molar refractivity (Wildman–Crippen MR) is 86.3 cm³/mol. The van der Waals surface area contributed by atoms with Crippen LogP contribution in [0.5, 0.6) is 0 Å². The molecule has 1 aliphatic carbocycles. The van der Waals surface area contributed by atoms with Crippen molar-refractivity contribution in [1.82, 2.24) is 5.32 Å². The zero-order chi connectivity index (χ0) is 15.5. The van der Waals surface area contributed by atoms with E-state index >= 15 is 0 Å². The van der Waals surface area contributed by atoms with Gasteiger partial charge in [0, 0.05) is 11.6 Å². The summed E-state index contributed by atoms with van der Waals surface area (Å²) in [6.45, 7) is 5.01. The van der Waals surface area contributed by atoms with Gasteiger partial charge in [-0.25, -0.2) is 8.78 Å². The SMILES string of the molecule is CCCNC(c1c(F)ccc(Br)c1F)C1(C)CCCCC1. The lowest BCUT2D eigenvalue weighted by atomic mass is 9.68. The highest BCUT2D eigenvalue weighted by Crippen LogP contribution is 2.47. The molecule has 1 fully saturated rings. The quantitative estimate of drug-likeness (QED) is 0.661. The number of nitrogens with one attached hydrogen (secondary N) is 1. The summed E-state index contributed by atoms with van der Waals surface area (Å²) in [6, 6.07) is 2.53. The van der Waals surface area contributed by atoms with E-state index in [9.17, 15) is 8.78 Å². The Bertz CT molecular complexity index is 484. The number of benzene rings is 1. The first-order chi connectivity index (χ1) is 9.99. The van der Waals surface area contributed by atoms with Gasteiger partial charge in [0.2, 0.25) is 0 Å². The lowest BCUT2D eigenvalue weighted by Gasteiger charge is -2.42. The second-order valence-electron chi connectivity index (χ2n) is 6.36. The third-order valence-electron chi connectivity index (χ3n) is 4.66. The first-order valence-corrected chi connectivity index (χ1v) is 8.65. The van der Waals surface area contributed by atoms with Crippen LogP contribution in [0.2, 0.25) is 0 Å². The van der Waals surface area contributed by atoms with Crippen LogP contribution in [0.3, 0.4) is 0 Å². The predicted octanol–water partition coefficient (Wildman–Crippen LogP) is 5.74. The molecule has 118 valence electrons. The van der Waals surface area contributed by atoms with Crippen molar-refractivity contribution in [1.29, 1.82) is 0 Å². The zero-order valence-electron chi connectivity index (χ0n) is 12.8. The lowest BCUT2D eigenvalue weighted by Crippen LogP contribution is -2.39. The molecule has 0 aliphatic heterocycles. The van der Waals surface area contributed by atoms with Gasteiger partial charge >= 0.3 is 0 Å². The van der Waals surface area contributed by atoms with Gasteiger partial charge in [-0.2, -0.15) is 0 Å². The first kappa shape index (κ1) is 16.9. The van der Waals surface area contributed by atoms with Gasteiger partial charge in [-0.15, -0.1) is 0 Å². The minimum Gasteiger partial charge on any atom is -0.309 e. The minimum atomic E-state index is -0.463. The molecule has 4 heteroatoms. The highest BCUT2D eigenvalue weighted by atomic mass is 79.9. The Hall–Kier alpha value is -0.480. The number of hydrogen-bond donors (Lipinski definition) is 1. The second-order valence-corrected chi connectivity index (χ2v) is 7.21. The summed E-state index contributed by atoms with van der Waals surface area (Å²) in [7, 11) is 0. The Morgan fingerprint density at radius 1 is 1.24 bits per heavy atom. The summed E-state index contributed by atoms with van der Waals surface area (Å²) in [5, 5.41) is 3.40. The van der Waals surface area contributed by atoms with Crippen LogP contribution in [-0.2, 0) is 0 Å². The van der Waals surface area contributed by atoms with Crippen LogP contribution in [0, 0.1) is 17.0 Å². The smallest absolute Gasteiger partial charge is 0.145 e. The lowest BCUT2D eigenvalue weighted by molar-refractivity contribution is 0.139. The molecule has 0 heterocycles. The van der Waals surface area contributed by atoms with Gasteiger partial charge in [-0.3, -0.25) is 0 Å². The third kappa shape index (κ3) is 3.65. The van der Waals surface area contributed by atoms with Gasteiger partial charge in [-0.1, -0.05) is 33.1 Å². The molecule has 0 bridgehead atoms. The van der Waals surface area contributed by atoms with Crippen LogP contribution < -0.4 is 5.32 Å².